The summed E-state index contributed by atoms with van der Waals surface area (Å²) in [6, 6.07) is 13.9. The van der Waals surface area contributed by atoms with Gasteiger partial charge >= 0.3 is 0 Å². The molecule has 0 bridgehead atoms. The first-order valence-corrected chi connectivity index (χ1v) is 9.65. The van der Waals surface area contributed by atoms with Gasteiger partial charge in [0.1, 0.15) is 29.8 Å². The number of fused-ring (bicyclic) bond motifs is 1. The minimum absolute atomic E-state index is 0.157. The normalized spacial score (nSPS) is 12.5. The molecule has 30 heavy (non-hydrogen) atoms. The fourth-order valence-electron chi connectivity index (χ4n) is 3.01. The summed E-state index contributed by atoms with van der Waals surface area (Å²) in [4.78, 5) is 15.6. The summed E-state index contributed by atoms with van der Waals surface area (Å²) in [5, 5.41) is 9.98. The van der Waals surface area contributed by atoms with Crippen LogP contribution in [-0.2, 0) is 11.3 Å². The van der Waals surface area contributed by atoms with Gasteiger partial charge in [-0.25, -0.2) is 0 Å². The van der Waals surface area contributed by atoms with Crippen molar-refractivity contribution < 1.29 is 14.3 Å². The summed E-state index contributed by atoms with van der Waals surface area (Å²) < 4.78 is 11.5. The van der Waals surface area contributed by atoms with Gasteiger partial charge in [-0.2, -0.15) is 5.26 Å². The third-order valence-electron chi connectivity index (χ3n) is 4.56. The Morgan fingerprint density at radius 3 is 2.70 bits per heavy atom. The van der Waals surface area contributed by atoms with Crippen LogP contribution >= 0.6 is 0 Å². The average Bonchev–Trinajstić information content (AvgIpc) is 3.03. The van der Waals surface area contributed by atoms with E-state index in [1.54, 1.807) is 30.3 Å². The number of benzene rings is 2. The fraction of sp³-hybridized carbons (Fsp3) is 0.304. The number of anilines is 1. The Labute approximate surface area is 175 Å². The number of Topliss-reactive ketones (excluding diaryl/α,β-unsaturated/α-hetero) is 1. The fourth-order valence-corrected chi connectivity index (χ4v) is 3.01. The number of ether oxygens (including phenoxy) is 2. The summed E-state index contributed by atoms with van der Waals surface area (Å²) >= 11 is 0. The zero-order chi connectivity index (χ0) is 21.9. The van der Waals surface area contributed by atoms with Crippen molar-refractivity contribution in [2.75, 3.05) is 12.3 Å². The van der Waals surface area contributed by atoms with Crippen molar-refractivity contribution in [2.45, 2.75) is 39.0 Å². The minimum atomic E-state index is -0.730. The summed E-state index contributed by atoms with van der Waals surface area (Å²) in [6.07, 6.45) is 0. The number of nitrogens with one attached hydrogen (secondary N) is 1. The van der Waals surface area contributed by atoms with E-state index in [9.17, 15) is 10.1 Å². The Kier molecular flexibility index (Phi) is 6.11. The number of nitrogens with two attached hydrogens (primary N) is 2. The molecule has 0 aliphatic carbocycles. The predicted octanol–water partition coefficient (Wildman–Crippen LogP) is 3.53. The molecule has 156 valence electrons. The molecule has 3 rings (SSSR count). The van der Waals surface area contributed by atoms with Crippen LogP contribution in [0.5, 0.6) is 5.75 Å². The summed E-state index contributed by atoms with van der Waals surface area (Å²) in [5.41, 5.74) is 14.0. The van der Waals surface area contributed by atoms with Crippen LogP contribution < -0.4 is 16.2 Å². The monoisotopic (exact) mass is 406 g/mol. The van der Waals surface area contributed by atoms with Crippen LogP contribution in [0.4, 0.5) is 5.82 Å². The van der Waals surface area contributed by atoms with Crippen molar-refractivity contribution in [3.8, 4) is 11.8 Å². The molecule has 2 aromatic carbocycles. The maximum Gasteiger partial charge on any atom is 0.181 e. The van der Waals surface area contributed by atoms with Crippen molar-refractivity contribution in [1.82, 2.24) is 4.98 Å². The van der Waals surface area contributed by atoms with Gasteiger partial charge in [-0.3, -0.25) is 4.79 Å². The third kappa shape index (κ3) is 4.98. The molecule has 0 fully saturated rings. The standard InChI is InChI=1S/C23H26N4O3/c1-23(2,3)30-13-19(25)21(28)15-6-4-5-14(9-15)12-29-16-7-8-20-17(10-16)18(11-24)22(26)27-20/h4-10,19,27H,12-13,25-26H2,1-3H3/t19-/m0/s1. The molecule has 0 unspecified atom stereocenters. The summed E-state index contributed by atoms with van der Waals surface area (Å²) in [5.74, 6) is 0.761. The Morgan fingerprint density at radius 1 is 1.23 bits per heavy atom. The van der Waals surface area contributed by atoms with E-state index in [-0.39, 0.29) is 24.6 Å². The van der Waals surface area contributed by atoms with Gasteiger partial charge in [0.25, 0.3) is 0 Å². The Bertz CT molecular complexity index is 1110. The predicted molar refractivity (Wildman–Crippen MR) is 116 cm³/mol. The van der Waals surface area contributed by atoms with Crippen molar-refractivity contribution in [1.29, 1.82) is 5.26 Å². The van der Waals surface area contributed by atoms with Crippen molar-refractivity contribution >= 4 is 22.5 Å². The molecule has 1 heterocycles. The number of ketones is 1. The van der Waals surface area contributed by atoms with E-state index in [0.717, 1.165) is 11.1 Å². The first-order chi connectivity index (χ1) is 14.2. The average molecular weight is 406 g/mol. The van der Waals surface area contributed by atoms with Gasteiger partial charge in [0.15, 0.2) is 5.78 Å². The van der Waals surface area contributed by atoms with E-state index in [1.165, 1.54) is 0 Å². The topological polar surface area (TPSA) is 127 Å². The molecule has 1 atom stereocenters. The number of aromatic nitrogens is 1. The van der Waals surface area contributed by atoms with E-state index in [4.69, 9.17) is 20.9 Å². The summed E-state index contributed by atoms with van der Waals surface area (Å²) in [6.45, 7) is 6.18. The molecule has 7 nitrogen and oxygen atoms in total. The number of nitrogens with zero attached hydrogens (tertiary/aromatic N) is 1. The lowest BCUT2D eigenvalue weighted by molar-refractivity contribution is -0.00770. The smallest absolute Gasteiger partial charge is 0.181 e. The molecule has 5 N–H and O–H groups in total. The lowest BCUT2D eigenvalue weighted by atomic mass is 10.0. The summed E-state index contributed by atoms with van der Waals surface area (Å²) in [7, 11) is 0. The van der Waals surface area contributed by atoms with Gasteiger partial charge in [-0.15, -0.1) is 0 Å². The van der Waals surface area contributed by atoms with E-state index < -0.39 is 6.04 Å². The third-order valence-corrected chi connectivity index (χ3v) is 4.56. The quantitative estimate of drug-likeness (QED) is 0.515. The molecule has 3 aromatic rings. The van der Waals surface area contributed by atoms with E-state index in [0.29, 0.717) is 28.1 Å². The second-order valence-electron chi connectivity index (χ2n) is 8.12. The number of nitriles is 1. The maximum absolute atomic E-state index is 12.6. The number of carbonyl (C=O) groups is 1. The highest BCUT2D eigenvalue weighted by molar-refractivity contribution is 6.00. The van der Waals surface area contributed by atoms with Crippen molar-refractivity contribution in [2.24, 2.45) is 5.73 Å². The molecule has 0 amide bonds. The van der Waals surface area contributed by atoms with Crippen LogP contribution in [0.25, 0.3) is 10.9 Å². The molecule has 0 aliphatic heterocycles. The van der Waals surface area contributed by atoms with Crippen LogP contribution in [0, 0.1) is 11.3 Å². The number of rotatable bonds is 7. The van der Waals surface area contributed by atoms with E-state index in [2.05, 4.69) is 11.1 Å². The first-order valence-electron chi connectivity index (χ1n) is 9.65. The lowest BCUT2D eigenvalue weighted by Crippen LogP contribution is -2.38. The van der Waals surface area contributed by atoms with Gasteiger partial charge in [0.05, 0.1) is 18.2 Å². The molecule has 1 aromatic heterocycles. The van der Waals surface area contributed by atoms with Crippen LogP contribution in [0.2, 0.25) is 0 Å². The van der Waals surface area contributed by atoms with Crippen LogP contribution in [0.15, 0.2) is 42.5 Å². The largest absolute Gasteiger partial charge is 0.489 e. The van der Waals surface area contributed by atoms with E-state index in [1.807, 2.05) is 32.9 Å². The van der Waals surface area contributed by atoms with Crippen LogP contribution in [0.1, 0.15) is 42.3 Å². The minimum Gasteiger partial charge on any atom is -0.489 e. The molecule has 0 aliphatic rings. The highest BCUT2D eigenvalue weighted by Crippen LogP contribution is 2.27. The Hall–Kier alpha value is -3.34. The Balaban J connectivity index is 1.69. The molecule has 0 radical (unpaired) electrons. The second kappa shape index (κ2) is 8.57. The number of carbonyl (C=O) groups excluding carboxylic acids is 1. The zero-order valence-electron chi connectivity index (χ0n) is 17.4. The van der Waals surface area contributed by atoms with Crippen molar-refractivity contribution in [3.05, 3.63) is 59.2 Å². The molecular weight excluding hydrogens is 380 g/mol. The second-order valence-corrected chi connectivity index (χ2v) is 8.12. The van der Waals surface area contributed by atoms with Crippen molar-refractivity contribution in [3.63, 3.8) is 0 Å². The van der Waals surface area contributed by atoms with Gasteiger partial charge < -0.3 is 25.9 Å². The molecule has 0 saturated carbocycles. The highest BCUT2D eigenvalue weighted by Gasteiger charge is 2.20. The number of aromatic amines is 1. The van der Waals surface area contributed by atoms with Gasteiger partial charge in [0, 0.05) is 16.5 Å². The van der Waals surface area contributed by atoms with Gasteiger partial charge in [-0.1, -0.05) is 18.2 Å². The SMILES string of the molecule is CC(C)(C)OC[C@H](N)C(=O)c1cccc(COc2ccc3[nH]c(N)c(C#N)c3c2)c1. The number of hydrogen-bond donors (Lipinski definition) is 3. The van der Waals surface area contributed by atoms with Crippen LogP contribution in [-0.4, -0.2) is 29.0 Å². The van der Waals surface area contributed by atoms with Crippen LogP contribution in [0.3, 0.4) is 0 Å². The highest BCUT2D eigenvalue weighted by atomic mass is 16.5. The molecular formula is C23H26N4O3. The maximum atomic E-state index is 12.6. The molecule has 0 spiro atoms. The number of H-pyrrole nitrogens is 1. The first kappa shape index (κ1) is 21.4. The van der Waals surface area contributed by atoms with Gasteiger partial charge in [-0.05, 0) is 50.6 Å². The zero-order valence-corrected chi connectivity index (χ0v) is 17.4. The lowest BCUT2D eigenvalue weighted by Gasteiger charge is -2.22. The number of hydrogen-bond acceptors (Lipinski definition) is 6. The van der Waals surface area contributed by atoms with Gasteiger partial charge in [0.2, 0.25) is 0 Å². The van der Waals surface area contributed by atoms with E-state index >= 15 is 0 Å². The molecule has 0 saturated heterocycles. The Morgan fingerprint density at radius 2 is 2.00 bits per heavy atom. The molecule has 7 heteroatoms. The number of nitrogen functional groups attached to an aromatic ring is 1.